The van der Waals surface area contributed by atoms with Gasteiger partial charge in [-0.25, -0.2) is 0 Å². The molecule has 1 saturated heterocycles. The van der Waals surface area contributed by atoms with E-state index in [4.69, 9.17) is 15.1 Å². The number of ketones is 1. The number of allylic oxidation sites excluding steroid dienone is 3. The van der Waals surface area contributed by atoms with E-state index in [1.54, 1.807) is 6.08 Å². The molecular weight excluding hydrogens is 274 g/mol. The van der Waals surface area contributed by atoms with Gasteiger partial charge in [0.25, 0.3) is 0 Å². The van der Waals surface area contributed by atoms with Gasteiger partial charge >= 0.3 is 0 Å². The molecule has 1 unspecified atom stereocenters. The zero-order chi connectivity index (χ0) is 15.5. The van der Waals surface area contributed by atoms with Crippen LogP contribution < -0.4 is 0 Å². The minimum absolute atomic E-state index is 0.0156. The van der Waals surface area contributed by atoms with Crippen molar-refractivity contribution in [1.82, 2.24) is 4.90 Å². The third kappa shape index (κ3) is 6.29. The first-order valence-corrected chi connectivity index (χ1v) is 6.78. The predicted molar refractivity (Wildman–Crippen MR) is 76.1 cm³/mol. The van der Waals surface area contributed by atoms with Gasteiger partial charge < -0.3 is 14.7 Å². The van der Waals surface area contributed by atoms with Crippen LogP contribution in [0.5, 0.6) is 0 Å². The van der Waals surface area contributed by atoms with Crippen LogP contribution in [-0.4, -0.2) is 54.7 Å². The van der Waals surface area contributed by atoms with Crippen LogP contribution in [0.3, 0.4) is 0 Å². The van der Waals surface area contributed by atoms with E-state index in [1.807, 2.05) is 17.2 Å². The van der Waals surface area contributed by atoms with Gasteiger partial charge in [0.2, 0.25) is 0 Å². The van der Waals surface area contributed by atoms with Crippen molar-refractivity contribution in [2.45, 2.75) is 18.9 Å². The average molecular weight is 293 g/mol. The van der Waals surface area contributed by atoms with Crippen LogP contribution in [-0.2, 0) is 9.53 Å². The van der Waals surface area contributed by atoms with E-state index in [-0.39, 0.29) is 30.8 Å². The van der Waals surface area contributed by atoms with Gasteiger partial charge in [0.1, 0.15) is 12.1 Å². The highest BCUT2D eigenvalue weighted by Gasteiger charge is 2.13. The van der Waals surface area contributed by atoms with E-state index in [2.05, 4.69) is 5.18 Å². The number of morpholine rings is 1. The number of nitriles is 1. The van der Waals surface area contributed by atoms with Crippen molar-refractivity contribution in [3.63, 3.8) is 0 Å². The second kappa shape index (κ2) is 9.80. The molecule has 1 fully saturated rings. The molecule has 1 N–H and O–H groups in total. The normalized spacial score (nSPS) is 17.5. The van der Waals surface area contributed by atoms with Crippen molar-refractivity contribution in [1.29, 1.82) is 5.26 Å². The average Bonchev–Trinajstić information content (AvgIpc) is 2.53. The molecule has 0 saturated carbocycles. The van der Waals surface area contributed by atoms with Gasteiger partial charge in [-0.3, -0.25) is 4.79 Å². The third-order valence-corrected chi connectivity index (χ3v) is 3.09. The topological polar surface area (TPSA) is 103 Å². The second-order valence-corrected chi connectivity index (χ2v) is 4.59. The van der Waals surface area contributed by atoms with Gasteiger partial charge in [-0.1, -0.05) is 5.18 Å². The van der Waals surface area contributed by atoms with Crippen LogP contribution in [0.2, 0.25) is 0 Å². The molecule has 1 atom stereocenters. The number of ether oxygens (including phenoxy) is 1. The van der Waals surface area contributed by atoms with Gasteiger partial charge in [0, 0.05) is 19.5 Å². The molecule has 0 aromatic rings. The Morgan fingerprint density at radius 1 is 1.48 bits per heavy atom. The SMILES string of the molecule is N#C/C(=C\C=C\N1CCOCC1)C(=O)CCC(CO)N=O. The van der Waals surface area contributed by atoms with E-state index >= 15 is 0 Å². The number of aliphatic hydroxyl groups excluding tert-OH is 1. The number of carbonyl (C=O) groups excluding carboxylic acids is 1. The number of hydrogen-bond donors (Lipinski definition) is 1. The first kappa shape index (κ1) is 17.0. The summed E-state index contributed by atoms with van der Waals surface area (Å²) in [5, 5.41) is 20.5. The summed E-state index contributed by atoms with van der Waals surface area (Å²) in [7, 11) is 0. The number of hydrogen-bond acceptors (Lipinski definition) is 7. The molecule has 0 radical (unpaired) electrons. The summed E-state index contributed by atoms with van der Waals surface area (Å²) in [6, 6.07) is 1.05. The molecule has 0 aliphatic carbocycles. The van der Waals surface area contributed by atoms with Gasteiger partial charge in [-0.2, -0.15) is 10.2 Å². The standard InChI is InChI=1S/C14H19N3O4/c15-10-12(14(19)4-3-13(11-18)16-20)2-1-5-17-6-8-21-9-7-17/h1-2,5,13,18H,3-4,6-9,11H2/b5-1+,12-2+. The van der Waals surface area contributed by atoms with E-state index < -0.39 is 6.04 Å². The Bertz CT molecular complexity index is 448. The second-order valence-electron chi connectivity index (χ2n) is 4.59. The molecule has 21 heavy (non-hydrogen) atoms. The minimum Gasteiger partial charge on any atom is -0.394 e. The number of aliphatic hydroxyl groups is 1. The molecular formula is C14H19N3O4. The fourth-order valence-corrected chi connectivity index (χ4v) is 1.79. The van der Waals surface area contributed by atoms with Crippen LogP contribution in [0.4, 0.5) is 0 Å². The van der Waals surface area contributed by atoms with Crippen LogP contribution in [0.25, 0.3) is 0 Å². The van der Waals surface area contributed by atoms with E-state index in [9.17, 15) is 9.70 Å². The molecule has 1 heterocycles. The summed E-state index contributed by atoms with van der Waals surface area (Å²) in [4.78, 5) is 24.2. The predicted octanol–water partition coefficient (Wildman–Crippen LogP) is 0.759. The van der Waals surface area contributed by atoms with Crippen molar-refractivity contribution in [2.75, 3.05) is 32.9 Å². The number of carbonyl (C=O) groups is 1. The summed E-state index contributed by atoms with van der Waals surface area (Å²) >= 11 is 0. The summed E-state index contributed by atoms with van der Waals surface area (Å²) in [6.07, 6.45) is 5.09. The summed E-state index contributed by atoms with van der Waals surface area (Å²) in [5.41, 5.74) is 0.0297. The molecule has 0 spiro atoms. The third-order valence-electron chi connectivity index (χ3n) is 3.09. The molecule has 0 amide bonds. The maximum absolute atomic E-state index is 11.8. The largest absolute Gasteiger partial charge is 0.394 e. The molecule has 1 rings (SSSR count). The Morgan fingerprint density at radius 2 is 2.19 bits per heavy atom. The molecule has 7 heteroatoms. The monoisotopic (exact) mass is 293 g/mol. The molecule has 0 aromatic heterocycles. The van der Waals surface area contributed by atoms with Crippen molar-refractivity contribution in [3.05, 3.63) is 28.8 Å². The summed E-state index contributed by atoms with van der Waals surface area (Å²) in [6.45, 7) is 2.50. The van der Waals surface area contributed by atoms with Gasteiger partial charge in [-0.05, 0) is 24.8 Å². The van der Waals surface area contributed by atoms with Crippen molar-refractivity contribution < 1.29 is 14.6 Å². The maximum Gasteiger partial charge on any atom is 0.173 e. The molecule has 0 aromatic carbocycles. The van der Waals surface area contributed by atoms with Gasteiger partial charge in [0.05, 0.1) is 25.4 Å². The Labute approximate surface area is 123 Å². The lowest BCUT2D eigenvalue weighted by atomic mass is 10.0. The lowest BCUT2D eigenvalue weighted by Gasteiger charge is -2.24. The van der Waals surface area contributed by atoms with E-state index in [1.165, 1.54) is 6.08 Å². The Balaban J connectivity index is 2.50. The number of Topliss-reactive ketones (excluding diaryl/α,β-unsaturated/α-hetero) is 1. The zero-order valence-electron chi connectivity index (χ0n) is 11.8. The molecule has 0 bridgehead atoms. The Morgan fingerprint density at radius 3 is 2.76 bits per heavy atom. The first-order chi connectivity index (χ1) is 10.2. The number of nitrogens with zero attached hydrogens (tertiary/aromatic N) is 3. The number of rotatable bonds is 8. The zero-order valence-corrected chi connectivity index (χ0v) is 11.8. The smallest absolute Gasteiger partial charge is 0.173 e. The van der Waals surface area contributed by atoms with Crippen LogP contribution in [0, 0.1) is 16.2 Å². The highest BCUT2D eigenvalue weighted by molar-refractivity contribution is 5.99. The van der Waals surface area contributed by atoms with Crippen LogP contribution in [0.15, 0.2) is 29.1 Å². The van der Waals surface area contributed by atoms with Crippen molar-refractivity contribution in [2.24, 2.45) is 5.18 Å². The van der Waals surface area contributed by atoms with Crippen molar-refractivity contribution in [3.8, 4) is 6.07 Å². The quantitative estimate of drug-likeness (QED) is 0.307. The van der Waals surface area contributed by atoms with Gasteiger partial charge in [-0.15, -0.1) is 0 Å². The highest BCUT2D eigenvalue weighted by Crippen LogP contribution is 2.07. The van der Waals surface area contributed by atoms with Crippen LogP contribution >= 0.6 is 0 Å². The van der Waals surface area contributed by atoms with E-state index in [0.717, 1.165) is 13.1 Å². The van der Waals surface area contributed by atoms with E-state index in [0.29, 0.717) is 13.2 Å². The molecule has 1 aliphatic heterocycles. The lowest BCUT2D eigenvalue weighted by Crippen LogP contribution is -2.31. The molecule has 114 valence electrons. The fraction of sp³-hybridized carbons (Fsp3) is 0.571. The Kier molecular flexibility index (Phi) is 7.94. The molecule has 7 nitrogen and oxygen atoms in total. The van der Waals surface area contributed by atoms with Crippen molar-refractivity contribution >= 4 is 5.78 Å². The minimum atomic E-state index is -0.794. The Hall–Kier alpha value is -2.04. The lowest BCUT2D eigenvalue weighted by molar-refractivity contribution is -0.115. The summed E-state index contributed by atoms with van der Waals surface area (Å²) in [5.74, 6) is -0.355. The first-order valence-electron chi connectivity index (χ1n) is 6.78. The van der Waals surface area contributed by atoms with Gasteiger partial charge in [0.15, 0.2) is 5.78 Å². The number of nitroso groups, excluding NO2 is 1. The maximum atomic E-state index is 11.8. The summed E-state index contributed by atoms with van der Waals surface area (Å²) < 4.78 is 5.21. The highest BCUT2D eigenvalue weighted by atomic mass is 16.5. The molecule has 1 aliphatic rings. The van der Waals surface area contributed by atoms with Crippen LogP contribution in [0.1, 0.15) is 12.8 Å². The fourth-order valence-electron chi connectivity index (χ4n) is 1.79.